The number of amidine groups is 1. The second-order valence-electron chi connectivity index (χ2n) is 7.95. The van der Waals surface area contributed by atoms with Gasteiger partial charge in [0.15, 0.2) is 0 Å². The van der Waals surface area contributed by atoms with Gasteiger partial charge in [0.05, 0.1) is 24.5 Å². The van der Waals surface area contributed by atoms with Crippen LogP contribution in [0.15, 0.2) is 53.5 Å². The highest BCUT2D eigenvalue weighted by Crippen LogP contribution is 2.16. The first-order chi connectivity index (χ1) is 17.7. The molecule has 1 unspecified atom stereocenters. The second kappa shape index (κ2) is 14.8. The number of hydrogen-bond donors (Lipinski definition) is 6. The molecule has 3 amide bonds. The first kappa shape index (κ1) is 28.8. The fourth-order valence-electron chi connectivity index (χ4n) is 3.13. The summed E-state index contributed by atoms with van der Waals surface area (Å²) in [5.41, 5.74) is 12.4. The first-order valence-electron chi connectivity index (χ1n) is 11.7. The molecule has 0 saturated heterocycles. The number of anilines is 1. The van der Waals surface area contributed by atoms with Gasteiger partial charge in [-0.3, -0.25) is 19.2 Å². The van der Waals surface area contributed by atoms with E-state index in [1.165, 1.54) is 6.07 Å². The minimum Gasteiger partial charge on any atom is -0.492 e. The Balaban J connectivity index is 1.95. The normalized spacial score (nSPS) is 11.8. The van der Waals surface area contributed by atoms with Crippen molar-refractivity contribution in [3.8, 4) is 5.75 Å². The minimum atomic E-state index is -1.37. The standard InChI is InChI=1S/C25H32N6O6/c1-2-4-21(27)29-18-6-3-5-16(13-18)24(35)28-15-22(32)31-20(14-23(33)34)25(36)30-17-7-9-19(10-8-17)37-12-11-26/h3,5-10,13,20H,2,4,11-12,14-15,26H2,1H3,(H2,27,29)(H,28,35)(H,30,36)(H,31,32)(H,33,34). The number of rotatable bonds is 14. The Bertz CT molecular complexity index is 1120. The van der Waals surface area contributed by atoms with Crippen molar-refractivity contribution < 1.29 is 29.0 Å². The fraction of sp³-hybridized carbons (Fsp3) is 0.320. The van der Waals surface area contributed by atoms with Gasteiger partial charge >= 0.3 is 5.97 Å². The van der Waals surface area contributed by atoms with Gasteiger partial charge in [0.1, 0.15) is 18.4 Å². The number of carbonyl (C=O) groups excluding carboxylic acids is 3. The number of carbonyl (C=O) groups is 4. The maximum atomic E-state index is 12.6. The number of amides is 3. The van der Waals surface area contributed by atoms with E-state index in [0.717, 1.165) is 6.42 Å². The van der Waals surface area contributed by atoms with Crippen molar-refractivity contribution in [1.29, 1.82) is 0 Å². The van der Waals surface area contributed by atoms with Crippen LogP contribution in [-0.2, 0) is 14.4 Å². The zero-order valence-corrected chi connectivity index (χ0v) is 20.5. The topological polar surface area (TPSA) is 198 Å². The van der Waals surface area contributed by atoms with E-state index in [9.17, 15) is 24.3 Å². The van der Waals surface area contributed by atoms with Gasteiger partial charge in [0.2, 0.25) is 11.8 Å². The average Bonchev–Trinajstić information content (AvgIpc) is 2.86. The molecule has 12 heteroatoms. The number of benzene rings is 2. The molecule has 37 heavy (non-hydrogen) atoms. The van der Waals surface area contributed by atoms with Crippen molar-refractivity contribution in [3.63, 3.8) is 0 Å². The van der Waals surface area contributed by atoms with E-state index in [-0.39, 0.29) is 5.56 Å². The van der Waals surface area contributed by atoms with Crippen LogP contribution in [-0.4, -0.2) is 60.4 Å². The Hall–Kier alpha value is -4.45. The largest absolute Gasteiger partial charge is 0.492 e. The Kier molecular flexibility index (Phi) is 11.5. The van der Waals surface area contributed by atoms with Gasteiger partial charge in [0, 0.05) is 24.2 Å². The molecule has 1 atom stereocenters. The Labute approximate surface area is 214 Å². The van der Waals surface area contributed by atoms with Gasteiger partial charge in [-0.2, -0.15) is 0 Å². The average molecular weight is 513 g/mol. The van der Waals surface area contributed by atoms with E-state index in [1.807, 2.05) is 6.92 Å². The van der Waals surface area contributed by atoms with Gasteiger partial charge < -0.3 is 37.3 Å². The number of aliphatic imine (C=N–C) groups is 1. The lowest BCUT2D eigenvalue weighted by Crippen LogP contribution is -2.48. The van der Waals surface area contributed by atoms with Gasteiger partial charge in [0.25, 0.3) is 5.91 Å². The molecule has 2 aromatic carbocycles. The molecule has 0 bridgehead atoms. The molecule has 12 nitrogen and oxygen atoms in total. The van der Waals surface area contributed by atoms with Crippen LogP contribution in [0.25, 0.3) is 0 Å². The highest BCUT2D eigenvalue weighted by Gasteiger charge is 2.24. The summed E-state index contributed by atoms with van der Waals surface area (Å²) in [4.78, 5) is 53.0. The maximum absolute atomic E-state index is 12.6. The summed E-state index contributed by atoms with van der Waals surface area (Å²) in [7, 11) is 0. The van der Waals surface area contributed by atoms with Crippen LogP contribution in [0.4, 0.5) is 11.4 Å². The van der Waals surface area contributed by atoms with Crippen LogP contribution in [0, 0.1) is 0 Å². The summed E-state index contributed by atoms with van der Waals surface area (Å²) in [5.74, 6) is -2.30. The molecule has 0 aliphatic heterocycles. The van der Waals surface area contributed by atoms with Gasteiger partial charge in [-0.15, -0.1) is 0 Å². The lowest BCUT2D eigenvalue weighted by Gasteiger charge is -2.17. The Morgan fingerprint density at radius 3 is 2.49 bits per heavy atom. The molecule has 198 valence electrons. The smallest absolute Gasteiger partial charge is 0.305 e. The summed E-state index contributed by atoms with van der Waals surface area (Å²) in [5, 5.41) is 16.5. The van der Waals surface area contributed by atoms with Crippen LogP contribution in [0.3, 0.4) is 0 Å². The summed E-state index contributed by atoms with van der Waals surface area (Å²) in [6.07, 6.45) is 0.806. The number of nitrogens with zero attached hydrogens (tertiary/aromatic N) is 1. The Morgan fingerprint density at radius 1 is 1.11 bits per heavy atom. The number of nitrogens with one attached hydrogen (secondary N) is 3. The van der Waals surface area contributed by atoms with Crippen molar-refractivity contribution in [2.24, 2.45) is 16.5 Å². The van der Waals surface area contributed by atoms with E-state index < -0.39 is 42.7 Å². The summed E-state index contributed by atoms with van der Waals surface area (Å²) in [6.45, 7) is 2.19. The number of hydrogen-bond acceptors (Lipinski definition) is 7. The zero-order chi connectivity index (χ0) is 27.2. The summed E-state index contributed by atoms with van der Waals surface area (Å²) >= 11 is 0. The van der Waals surface area contributed by atoms with E-state index in [0.29, 0.717) is 42.5 Å². The molecule has 0 spiro atoms. The van der Waals surface area contributed by atoms with Crippen molar-refractivity contribution in [1.82, 2.24) is 10.6 Å². The fourth-order valence-corrected chi connectivity index (χ4v) is 3.13. The molecule has 0 aromatic heterocycles. The first-order valence-corrected chi connectivity index (χ1v) is 11.7. The van der Waals surface area contributed by atoms with Crippen LogP contribution in [0.1, 0.15) is 36.5 Å². The number of carboxylic acid groups (broad SMARTS) is 1. The van der Waals surface area contributed by atoms with E-state index in [1.54, 1.807) is 42.5 Å². The lowest BCUT2D eigenvalue weighted by atomic mass is 10.1. The molecule has 0 aliphatic rings. The van der Waals surface area contributed by atoms with Crippen molar-refractivity contribution in [3.05, 3.63) is 54.1 Å². The van der Waals surface area contributed by atoms with Crippen LogP contribution in [0.5, 0.6) is 5.75 Å². The minimum absolute atomic E-state index is 0.261. The summed E-state index contributed by atoms with van der Waals surface area (Å²) < 4.78 is 5.36. The number of nitrogens with two attached hydrogens (primary N) is 2. The van der Waals surface area contributed by atoms with E-state index >= 15 is 0 Å². The molecule has 2 aromatic rings. The molecule has 0 fully saturated rings. The Morgan fingerprint density at radius 2 is 1.84 bits per heavy atom. The van der Waals surface area contributed by atoms with Gasteiger partial charge in [-0.25, -0.2) is 4.99 Å². The third-order valence-corrected chi connectivity index (χ3v) is 4.84. The molecule has 0 heterocycles. The van der Waals surface area contributed by atoms with Crippen molar-refractivity contribution in [2.75, 3.05) is 25.0 Å². The van der Waals surface area contributed by atoms with Crippen LogP contribution >= 0.6 is 0 Å². The third-order valence-electron chi connectivity index (χ3n) is 4.84. The number of ether oxygens (including phenoxy) is 1. The quantitative estimate of drug-likeness (QED) is 0.160. The highest BCUT2D eigenvalue weighted by molar-refractivity contribution is 6.01. The second-order valence-corrected chi connectivity index (χ2v) is 7.95. The van der Waals surface area contributed by atoms with Gasteiger partial charge in [-0.1, -0.05) is 13.0 Å². The molecule has 0 radical (unpaired) electrons. The van der Waals surface area contributed by atoms with E-state index in [4.69, 9.17) is 16.2 Å². The molecular weight excluding hydrogens is 480 g/mol. The van der Waals surface area contributed by atoms with Gasteiger partial charge in [-0.05, 0) is 48.9 Å². The molecule has 0 aliphatic carbocycles. The van der Waals surface area contributed by atoms with Crippen molar-refractivity contribution in [2.45, 2.75) is 32.2 Å². The predicted octanol–water partition coefficient (Wildman–Crippen LogP) is 1.14. The molecule has 0 saturated carbocycles. The number of aliphatic carboxylic acids is 1. The molecular formula is C25H32N6O6. The molecule has 2 rings (SSSR count). The maximum Gasteiger partial charge on any atom is 0.305 e. The zero-order valence-electron chi connectivity index (χ0n) is 20.5. The monoisotopic (exact) mass is 512 g/mol. The molecule has 8 N–H and O–H groups in total. The summed E-state index contributed by atoms with van der Waals surface area (Å²) in [6, 6.07) is 11.4. The van der Waals surface area contributed by atoms with E-state index in [2.05, 4.69) is 20.9 Å². The highest BCUT2D eigenvalue weighted by atomic mass is 16.5. The SMILES string of the molecule is CCCC(N)=Nc1cccc(C(=O)NCC(=O)NC(CC(=O)O)C(=O)Nc2ccc(OCCN)cc2)c1. The number of carboxylic acids is 1. The lowest BCUT2D eigenvalue weighted by molar-refractivity contribution is -0.139. The van der Waals surface area contributed by atoms with Crippen LogP contribution in [0.2, 0.25) is 0 Å². The third kappa shape index (κ3) is 10.4. The van der Waals surface area contributed by atoms with Crippen LogP contribution < -0.4 is 32.2 Å². The van der Waals surface area contributed by atoms with Crippen molar-refractivity contribution >= 4 is 40.9 Å². The predicted molar refractivity (Wildman–Crippen MR) is 139 cm³/mol.